The molecule has 2 saturated heterocycles. The maximum absolute atomic E-state index is 13.7. The van der Waals surface area contributed by atoms with Crippen molar-refractivity contribution >= 4 is 11.8 Å². The third kappa shape index (κ3) is 4.55. The Labute approximate surface area is 146 Å². The predicted octanol–water partition coefficient (Wildman–Crippen LogP) is 2.76. The summed E-state index contributed by atoms with van der Waals surface area (Å²) in [4.78, 5) is 27.6. The van der Waals surface area contributed by atoms with Gasteiger partial charge in [-0.05, 0) is 49.7 Å². The average Bonchev–Trinajstić information content (AvgIpc) is 2.99. The van der Waals surface area contributed by atoms with Crippen molar-refractivity contribution in [2.45, 2.75) is 38.5 Å². The highest BCUT2D eigenvalue weighted by molar-refractivity contribution is 5.85. The molecule has 3 rings (SSSR count). The van der Waals surface area contributed by atoms with E-state index in [1.165, 1.54) is 12.1 Å². The fourth-order valence-electron chi connectivity index (χ4n) is 3.75. The molecule has 4 nitrogen and oxygen atoms in total. The second-order valence-electron chi connectivity index (χ2n) is 7.04. The molecule has 0 unspecified atom stereocenters. The molecule has 6 heteroatoms. The predicted molar refractivity (Wildman–Crippen MR) is 89.8 cm³/mol. The first-order valence-electron chi connectivity index (χ1n) is 9.02. The van der Waals surface area contributed by atoms with Crippen LogP contribution in [0.2, 0.25) is 0 Å². The monoisotopic (exact) mass is 350 g/mol. The summed E-state index contributed by atoms with van der Waals surface area (Å²) in [7, 11) is 0. The highest BCUT2D eigenvalue weighted by Crippen LogP contribution is 2.23. The van der Waals surface area contributed by atoms with Crippen LogP contribution in [0.4, 0.5) is 8.78 Å². The number of amides is 2. The van der Waals surface area contributed by atoms with E-state index in [0.29, 0.717) is 37.4 Å². The van der Waals surface area contributed by atoms with E-state index in [4.69, 9.17) is 0 Å². The lowest BCUT2D eigenvalue weighted by Gasteiger charge is -2.34. The van der Waals surface area contributed by atoms with Gasteiger partial charge in [0.25, 0.3) is 0 Å². The smallest absolute Gasteiger partial charge is 0.242 e. The van der Waals surface area contributed by atoms with Crippen molar-refractivity contribution in [3.63, 3.8) is 0 Å². The summed E-state index contributed by atoms with van der Waals surface area (Å²) in [6.45, 7) is 2.23. The van der Waals surface area contributed by atoms with Crippen LogP contribution < -0.4 is 0 Å². The molecule has 2 amide bonds. The van der Waals surface area contributed by atoms with E-state index >= 15 is 0 Å². The van der Waals surface area contributed by atoms with Crippen LogP contribution in [0.5, 0.6) is 0 Å². The maximum Gasteiger partial charge on any atom is 0.242 e. The van der Waals surface area contributed by atoms with E-state index in [9.17, 15) is 18.4 Å². The number of hydrogen-bond acceptors (Lipinski definition) is 2. The second kappa shape index (κ2) is 7.93. The number of piperidine rings is 1. The molecule has 0 bridgehead atoms. The Balaban J connectivity index is 1.50. The molecule has 136 valence electrons. The molecule has 0 aliphatic carbocycles. The van der Waals surface area contributed by atoms with Crippen LogP contribution in [-0.4, -0.2) is 47.8 Å². The molecule has 2 fully saturated rings. The Morgan fingerprint density at radius 3 is 2.76 bits per heavy atom. The minimum absolute atomic E-state index is 0.00733. The number of rotatable bonds is 5. The average molecular weight is 350 g/mol. The number of aryl methyl sites for hydroxylation is 1. The normalized spacial score (nSPS) is 21.0. The van der Waals surface area contributed by atoms with E-state index in [-0.39, 0.29) is 18.4 Å². The number of hydrogen-bond donors (Lipinski definition) is 0. The molecule has 1 aromatic carbocycles. The second-order valence-corrected chi connectivity index (χ2v) is 7.04. The minimum atomic E-state index is -0.563. The number of halogens is 2. The Morgan fingerprint density at radius 1 is 1.20 bits per heavy atom. The van der Waals surface area contributed by atoms with Crippen LogP contribution in [-0.2, 0) is 16.0 Å². The van der Waals surface area contributed by atoms with Crippen molar-refractivity contribution in [2.24, 2.45) is 5.92 Å². The number of carbonyl (C=O) groups is 2. The fraction of sp³-hybridized carbons (Fsp3) is 0.579. The van der Waals surface area contributed by atoms with Gasteiger partial charge in [-0.1, -0.05) is 6.07 Å². The van der Waals surface area contributed by atoms with E-state index < -0.39 is 11.6 Å². The summed E-state index contributed by atoms with van der Waals surface area (Å²) in [5.41, 5.74) is 0.521. The molecular weight excluding hydrogens is 326 g/mol. The first kappa shape index (κ1) is 17.8. The van der Waals surface area contributed by atoms with Gasteiger partial charge in [0.1, 0.15) is 11.6 Å². The SMILES string of the molecule is O=C1CCCN1CC(=O)N1CCC[C@@H](CCc2ccc(F)cc2F)C1. The molecule has 0 saturated carbocycles. The first-order valence-corrected chi connectivity index (χ1v) is 9.02. The molecule has 2 aliphatic rings. The van der Waals surface area contributed by atoms with Crippen molar-refractivity contribution in [1.82, 2.24) is 9.80 Å². The molecule has 0 radical (unpaired) electrons. The van der Waals surface area contributed by atoms with Crippen LogP contribution in [0.1, 0.15) is 37.7 Å². The molecule has 0 aromatic heterocycles. The number of nitrogens with zero attached hydrogens (tertiary/aromatic N) is 2. The summed E-state index contributed by atoms with van der Waals surface area (Å²) < 4.78 is 26.7. The van der Waals surface area contributed by atoms with E-state index in [0.717, 1.165) is 38.3 Å². The van der Waals surface area contributed by atoms with Crippen LogP contribution in [0.3, 0.4) is 0 Å². The highest BCUT2D eigenvalue weighted by Gasteiger charge is 2.28. The fourth-order valence-corrected chi connectivity index (χ4v) is 3.75. The van der Waals surface area contributed by atoms with Crippen molar-refractivity contribution in [3.05, 3.63) is 35.4 Å². The number of likely N-dealkylation sites (tertiary alicyclic amines) is 2. The topological polar surface area (TPSA) is 40.6 Å². The van der Waals surface area contributed by atoms with Gasteiger partial charge in [0, 0.05) is 32.1 Å². The van der Waals surface area contributed by atoms with E-state index in [1.54, 1.807) is 4.90 Å². The van der Waals surface area contributed by atoms with Gasteiger partial charge in [-0.15, -0.1) is 0 Å². The third-order valence-corrected chi connectivity index (χ3v) is 5.21. The van der Waals surface area contributed by atoms with Gasteiger partial charge in [0.15, 0.2) is 0 Å². The Morgan fingerprint density at radius 2 is 2.04 bits per heavy atom. The zero-order valence-corrected chi connectivity index (χ0v) is 14.3. The Bertz CT molecular complexity index is 650. The minimum Gasteiger partial charge on any atom is -0.341 e. The lowest BCUT2D eigenvalue weighted by molar-refractivity contribution is -0.139. The molecule has 0 N–H and O–H groups in total. The van der Waals surface area contributed by atoms with Crippen molar-refractivity contribution in [1.29, 1.82) is 0 Å². The Kier molecular flexibility index (Phi) is 5.66. The van der Waals surface area contributed by atoms with Gasteiger partial charge in [-0.25, -0.2) is 8.78 Å². The van der Waals surface area contributed by atoms with Crippen molar-refractivity contribution < 1.29 is 18.4 Å². The van der Waals surface area contributed by atoms with Crippen LogP contribution in [0.15, 0.2) is 18.2 Å². The summed E-state index contributed by atoms with van der Waals surface area (Å²) >= 11 is 0. The van der Waals surface area contributed by atoms with Gasteiger partial charge < -0.3 is 9.80 Å². The molecule has 25 heavy (non-hydrogen) atoms. The summed E-state index contributed by atoms with van der Waals surface area (Å²) in [6.07, 6.45) is 4.63. The van der Waals surface area contributed by atoms with Crippen LogP contribution >= 0.6 is 0 Å². The molecule has 2 heterocycles. The number of benzene rings is 1. The molecule has 1 aromatic rings. The van der Waals surface area contributed by atoms with Gasteiger partial charge in [0.2, 0.25) is 11.8 Å². The zero-order chi connectivity index (χ0) is 17.8. The molecule has 0 spiro atoms. The Hall–Kier alpha value is -1.98. The van der Waals surface area contributed by atoms with Gasteiger partial charge in [-0.3, -0.25) is 9.59 Å². The van der Waals surface area contributed by atoms with Crippen molar-refractivity contribution in [3.8, 4) is 0 Å². The maximum atomic E-state index is 13.7. The van der Waals surface area contributed by atoms with Gasteiger partial charge >= 0.3 is 0 Å². The van der Waals surface area contributed by atoms with Gasteiger partial charge in [0.05, 0.1) is 6.54 Å². The molecular formula is C19H24F2N2O2. The lowest BCUT2D eigenvalue weighted by Crippen LogP contribution is -2.45. The van der Waals surface area contributed by atoms with Crippen LogP contribution in [0.25, 0.3) is 0 Å². The first-order chi connectivity index (χ1) is 12.0. The van der Waals surface area contributed by atoms with E-state index in [1.807, 2.05) is 4.90 Å². The van der Waals surface area contributed by atoms with Gasteiger partial charge in [-0.2, -0.15) is 0 Å². The molecule has 1 atom stereocenters. The summed E-state index contributed by atoms with van der Waals surface area (Å²) in [5, 5.41) is 0. The standard InChI is InChI=1S/C19H24F2N2O2/c20-16-8-7-15(17(21)11-16)6-5-14-3-1-9-22(12-14)19(25)13-23-10-2-4-18(23)24/h7-8,11,14H,1-6,9-10,12-13H2/t14-/m0/s1. The lowest BCUT2D eigenvalue weighted by atomic mass is 9.91. The summed E-state index contributed by atoms with van der Waals surface area (Å²) in [5.74, 6) is -0.679. The van der Waals surface area contributed by atoms with E-state index in [2.05, 4.69) is 0 Å². The quantitative estimate of drug-likeness (QED) is 0.819. The molecule has 2 aliphatic heterocycles. The zero-order valence-electron chi connectivity index (χ0n) is 14.3. The highest BCUT2D eigenvalue weighted by atomic mass is 19.1. The van der Waals surface area contributed by atoms with Crippen LogP contribution in [0, 0.1) is 17.6 Å². The largest absolute Gasteiger partial charge is 0.341 e. The number of carbonyl (C=O) groups excluding carboxylic acids is 2. The third-order valence-electron chi connectivity index (χ3n) is 5.21. The summed E-state index contributed by atoms with van der Waals surface area (Å²) in [6, 6.07) is 3.69. The van der Waals surface area contributed by atoms with Crippen molar-refractivity contribution in [2.75, 3.05) is 26.2 Å².